The number of fused-ring (bicyclic) bond motifs is 3. The molecule has 3 heterocycles. The molecule has 1 atom stereocenters. The Bertz CT molecular complexity index is 1320. The third-order valence-corrected chi connectivity index (χ3v) is 8.66. The lowest BCUT2D eigenvalue weighted by molar-refractivity contribution is 0.0505. The summed E-state index contributed by atoms with van der Waals surface area (Å²) in [6.07, 6.45) is 11.7. The van der Waals surface area contributed by atoms with E-state index in [0.29, 0.717) is 17.5 Å². The number of pyridine rings is 1. The normalized spacial score (nSPS) is 19.9. The van der Waals surface area contributed by atoms with Crippen molar-refractivity contribution in [1.82, 2.24) is 24.6 Å². The number of benzene rings is 1. The van der Waals surface area contributed by atoms with Gasteiger partial charge in [-0.05, 0) is 63.3 Å². The summed E-state index contributed by atoms with van der Waals surface area (Å²) in [4.78, 5) is 34.5. The van der Waals surface area contributed by atoms with Crippen LogP contribution in [-0.2, 0) is 11.2 Å². The number of ether oxygens (including phenoxy) is 1. The smallest absolute Gasteiger partial charge is 0.259 e. The van der Waals surface area contributed by atoms with Crippen molar-refractivity contribution < 1.29 is 9.53 Å². The molecular formula is C30H43N5O3. The van der Waals surface area contributed by atoms with Crippen molar-refractivity contribution in [3.63, 3.8) is 0 Å². The van der Waals surface area contributed by atoms with Crippen LogP contribution < -0.4 is 5.56 Å². The quantitative estimate of drug-likeness (QED) is 0.336. The first-order valence-electron chi connectivity index (χ1n) is 14.6. The van der Waals surface area contributed by atoms with Crippen LogP contribution >= 0.6 is 0 Å². The molecule has 1 N–H and O–H groups in total. The molecule has 8 heteroatoms. The standard InChI is InChI=1S/C30H43N5O3/c1-4-22-17-27-25(28-26(29(36)32-27)19-31-35(28)23-11-7-5-6-8-12-23)18-24(22)30(37)34-15-14-33(21(2)20-34)13-9-10-16-38-3/h17-19,21,23H,4-16,20H2,1-3H3,(H,32,36)/t21-/m1/s1. The molecule has 1 amide bonds. The van der Waals surface area contributed by atoms with Gasteiger partial charge < -0.3 is 14.6 Å². The number of H-pyrrole nitrogens is 1. The monoisotopic (exact) mass is 521 g/mol. The summed E-state index contributed by atoms with van der Waals surface area (Å²) in [5.74, 6) is 0.0921. The highest BCUT2D eigenvalue weighted by molar-refractivity contribution is 6.07. The van der Waals surface area contributed by atoms with Crippen LogP contribution in [0.3, 0.4) is 0 Å². The van der Waals surface area contributed by atoms with E-state index in [1.807, 2.05) is 17.0 Å². The summed E-state index contributed by atoms with van der Waals surface area (Å²) in [5, 5.41) is 6.25. The number of amides is 1. The van der Waals surface area contributed by atoms with Crippen molar-refractivity contribution in [2.24, 2.45) is 0 Å². The number of carbonyl (C=O) groups is 1. The molecule has 3 aromatic rings. The lowest BCUT2D eigenvalue weighted by atomic mass is 9.98. The molecule has 0 unspecified atom stereocenters. The second-order valence-electron chi connectivity index (χ2n) is 11.2. The third-order valence-electron chi connectivity index (χ3n) is 8.66. The minimum absolute atomic E-state index is 0.0921. The SMILES string of the molecule is CCc1cc2[nH]c(=O)c3cnn(C4CCCCCC4)c3c2cc1C(=O)N1CCN(CCCCOC)[C@H](C)C1. The van der Waals surface area contributed by atoms with Crippen LogP contribution in [0.2, 0.25) is 0 Å². The Morgan fingerprint density at radius 1 is 1.11 bits per heavy atom. The minimum atomic E-state index is -0.107. The molecule has 38 heavy (non-hydrogen) atoms. The maximum absolute atomic E-state index is 13.9. The van der Waals surface area contributed by atoms with E-state index in [4.69, 9.17) is 9.84 Å². The Balaban J connectivity index is 1.47. The van der Waals surface area contributed by atoms with Crippen LogP contribution in [-0.4, -0.2) is 76.4 Å². The predicted molar refractivity (Wildman–Crippen MR) is 152 cm³/mol. The molecule has 1 aromatic carbocycles. The van der Waals surface area contributed by atoms with Crippen molar-refractivity contribution in [3.05, 3.63) is 39.8 Å². The summed E-state index contributed by atoms with van der Waals surface area (Å²) < 4.78 is 7.27. The van der Waals surface area contributed by atoms with Crippen LogP contribution in [0.5, 0.6) is 0 Å². The van der Waals surface area contributed by atoms with Crippen molar-refractivity contribution in [2.45, 2.75) is 83.7 Å². The van der Waals surface area contributed by atoms with Crippen LogP contribution in [0.4, 0.5) is 0 Å². The molecule has 1 aliphatic heterocycles. The van der Waals surface area contributed by atoms with E-state index in [0.717, 1.165) is 92.4 Å². The maximum Gasteiger partial charge on any atom is 0.259 e. The van der Waals surface area contributed by atoms with Crippen LogP contribution in [0, 0.1) is 0 Å². The van der Waals surface area contributed by atoms with E-state index in [1.165, 1.54) is 25.7 Å². The summed E-state index contributed by atoms with van der Waals surface area (Å²) in [6.45, 7) is 8.48. The third kappa shape index (κ3) is 5.38. The molecule has 0 bridgehead atoms. The van der Waals surface area contributed by atoms with Crippen LogP contribution in [0.1, 0.15) is 87.2 Å². The van der Waals surface area contributed by atoms with Gasteiger partial charge in [0.1, 0.15) is 0 Å². The van der Waals surface area contributed by atoms with Gasteiger partial charge in [0.05, 0.1) is 28.7 Å². The number of unbranched alkanes of at least 4 members (excludes halogenated alkanes) is 1. The number of aromatic nitrogens is 3. The van der Waals surface area contributed by atoms with Crippen LogP contribution in [0.25, 0.3) is 21.8 Å². The first-order chi connectivity index (χ1) is 18.5. The number of methoxy groups -OCH3 is 1. The molecular weight excluding hydrogens is 478 g/mol. The molecule has 0 radical (unpaired) electrons. The number of aryl methyl sites for hydroxylation is 1. The van der Waals surface area contributed by atoms with Gasteiger partial charge >= 0.3 is 0 Å². The summed E-state index contributed by atoms with van der Waals surface area (Å²) in [7, 11) is 1.75. The van der Waals surface area contributed by atoms with E-state index in [-0.39, 0.29) is 11.5 Å². The van der Waals surface area contributed by atoms with Gasteiger partial charge in [-0.2, -0.15) is 5.10 Å². The van der Waals surface area contributed by atoms with Crippen molar-refractivity contribution in [3.8, 4) is 0 Å². The maximum atomic E-state index is 13.9. The number of nitrogens with zero attached hydrogens (tertiary/aromatic N) is 4. The number of nitrogens with one attached hydrogen (secondary N) is 1. The van der Waals surface area contributed by atoms with E-state index in [2.05, 4.69) is 28.4 Å². The van der Waals surface area contributed by atoms with Crippen molar-refractivity contribution >= 4 is 27.7 Å². The summed E-state index contributed by atoms with van der Waals surface area (Å²) >= 11 is 0. The zero-order chi connectivity index (χ0) is 26.6. The van der Waals surface area contributed by atoms with E-state index in [9.17, 15) is 9.59 Å². The number of carbonyl (C=O) groups excluding carboxylic acids is 1. The highest BCUT2D eigenvalue weighted by atomic mass is 16.5. The molecule has 2 fully saturated rings. The highest BCUT2D eigenvalue weighted by Gasteiger charge is 2.29. The van der Waals surface area contributed by atoms with Gasteiger partial charge in [0.15, 0.2) is 0 Å². The average Bonchev–Trinajstić information content (AvgIpc) is 3.20. The van der Waals surface area contributed by atoms with Gasteiger partial charge in [-0.3, -0.25) is 19.2 Å². The minimum Gasteiger partial charge on any atom is -0.385 e. The predicted octanol–water partition coefficient (Wildman–Crippen LogP) is 4.91. The first-order valence-corrected chi connectivity index (χ1v) is 14.6. The Hall–Kier alpha value is -2.71. The number of rotatable bonds is 8. The fourth-order valence-corrected chi connectivity index (χ4v) is 6.44. The Kier molecular flexibility index (Phi) is 8.48. The molecule has 5 rings (SSSR count). The molecule has 1 aliphatic carbocycles. The van der Waals surface area contributed by atoms with Gasteiger partial charge in [-0.25, -0.2) is 0 Å². The van der Waals surface area contributed by atoms with Gasteiger partial charge in [0.25, 0.3) is 11.5 Å². The number of hydrogen-bond donors (Lipinski definition) is 1. The van der Waals surface area contributed by atoms with E-state index >= 15 is 0 Å². The van der Waals surface area contributed by atoms with Gasteiger partial charge in [0, 0.05) is 50.3 Å². The summed E-state index contributed by atoms with van der Waals surface area (Å²) in [5.41, 5.74) is 3.29. The molecule has 0 spiro atoms. The highest BCUT2D eigenvalue weighted by Crippen LogP contribution is 2.33. The first kappa shape index (κ1) is 26.9. The molecule has 1 saturated carbocycles. The van der Waals surface area contributed by atoms with E-state index in [1.54, 1.807) is 13.3 Å². The van der Waals surface area contributed by atoms with Gasteiger partial charge in [-0.1, -0.05) is 32.6 Å². The lowest BCUT2D eigenvalue weighted by Gasteiger charge is -2.40. The molecule has 1 saturated heterocycles. The Labute approximate surface area is 225 Å². The zero-order valence-corrected chi connectivity index (χ0v) is 23.3. The van der Waals surface area contributed by atoms with E-state index < -0.39 is 0 Å². The van der Waals surface area contributed by atoms with Crippen molar-refractivity contribution in [2.75, 3.05) is 39.9 Å². The number of aromatic amines is 1. The molecule has 8 nitrogen and oxygen atoms in total. The second-order valence-corrected chi connectivity index (χ2v) is 11.2. The average molecular weight is 522 g/mol. The van der Waals surface area contributed by atoms with Crippen molar-refractivity contribution in [1.29, 1.82) is 0 Å². The fraction of sp³-hybridized carbons (Fsp3) is 0.633. The van der Waals surface area contributed by atoms with Gasteiger partial charge in [-0.15, -0.1) is 0 Å². The largest absolute Gasteiger partial charge is 0.385 e. The van der Waals surface area contributed by atoms with Crippen LogP contribution in [0.15, 0.2) is 23.1 Å². The van der Waals surface area contributed by atoms with Gasteiger partial charge in [0.2, 0.25) is 0 Å². The topological polar surface area (TPSA) is 83.5 Å². The zero-order valence-electron chi connectivity index (χ0n) is 23.3. The number of hydrogen-bond acceptors (Lipinski definition) is 5. The fourth-order valence-electron chi connectivity index (χ4n) is 6.44. The second kappa shape index (κ2) is 12.0. The number of piperazine rings is 1. The molecule has 2 aliphatic rings. The summed E-state index contributed by atoms with van der Waals surface area (Å²) in [6, 6.07) is 4.66. The Morgan fingerprint density at radius 2 is 1.89 bits per heavy atom. The molecule has 2 aromatic heterocycles. The lowest BCUT2D eigenvalue weighted by Crippen LogP contribution is -2.53. The Morgan fingerprint density at radius 3 is 2.61 bits per heavy atom. The molecule has 206 valence electrons.